The Kier molecular flexibility index (Phi) is 30.3. The molecule has 0 saturated heterocycles. The van der Waals surface area contributed by atoms with Crippen molar-refractivity contribution in [1.29, 1.82) is 0 Å². The molecule has 1 heterocycles. The van der Waals surface area contributed by atoms with Gasteiger partial charge in [-0.15, -0.1) is 0 Å². The summed E-state index contributed by atoms with van der Waals surface area (Å²) in [5.74, 6) is 0.171. The second-order valence-electron chi connectivity index (χ2n) is 18.2. The highest BCUT2D eigenvalue weighted by Gasteiger charge is 2.36. The van der Waals surface area contributed by atoms with Crippen molar-refractivity contribution in [2.24, 2.45) is 0 Å². The molecule has 0 aromatic heterocycles. The maximum Gasteiger partial charge on any atom is 0.472 e. The van der Waals surface area contributed by atoms with Crippen LogP contribution in [0.2, 0.25) is 0 Å². The number of carbonyl (C=O) groups excluding carboxylic acids is 2. The molecular weight excluding hydrogens is 816 g/mol. The zero-order valence-electron chi connectivity index (χ0n) is 40.6. The quantitative estimate of drug-likeness (QED) is 0.0285. The van der Waals surface area contributed by atoms with Gasteiger partial charge in [-0.1, -0.05) is 147 Å². The maximum atomic E-state index is 13.0. The predicted octanol–water partition coefficient (Wildman–Crippen LogP) is 14.7. The van der Waals surface area contributed by atoms with E-state index in [4.69, 9.17) is 23.3 Å². The number of phosphoric ester groups is 1. The molecule has 0 aliphatic carbocycles. The van der Waals surface area contributed by atoms with Crippen LogP contribution in [0.3, 0.4) is 0 Å². The number of unbranched alkanes of at least 4 members (excludes halogenated alkanes) is 20. The van der Waals surface area contributed by atoms with E-state index in [2.05, 4.69) is 38.2 Å². The number of esters is 2. The Hall–Kier alpha value is -2.65. The first kappa shape index (κ1) is 56.5. The average Bonchev–Trinajstić information content (AvgIpc) is 3.25. The maximum absolute atomic E-state index is 13.0. The van der Waals surface area contributed by atoms with E-state index in [1.165, 1.54) is 83.5 Å². The van der Waals surface area contributed by atoms with E-state index >= 15 is 0 Å². The third-order valence-electron chi connectivity index (χ3n) is 12.4. The molecule has 11 heteroatoms. The molecule has 0 bridgehead atoms. The van der Waals surface area contributed by atoms with Gasteiger partial charge in [0.2, 0.25) is 0 Å². The Morgan fingerprint density at radius 1 is 0.683 bits per heavy atom. The lowest BCUT2D eigenvalue weighted by molar-refractivity contribution is -0.161. The van der Waals surface area contributed by atoms with Crippen LogP contribution in [0.25, 0.3) is 0 Å². The fourth-order valence-electron chi connectivity index (χ4n) is 8.05. The Labute approximate surface area is 383 Å². The summed E-state index contributed by atoms with van der Waals surface area (Å²) in [5.41, 5.74) is 2.77. The van der Waals surface area contributed by atoms with Crippen LogP contribution < -0.4 is 4.74 Å². The van der Waals surface area contributed by atoms with Crippen LogP contribution in [-0.4, -0.2) is 53.5 Å². The molecule has 63 heavy (non-hydrogen) atoms. The summed E-state index contributed by atoms with van der Waals surface area (Å²) in [6, 6.07) is 0. The lowest BCUT2D eigenvalue weighted by Gasteiger charge is -2.38. The summed E-state index contributed by atoms with van der Waals surface area (Å²) in [7, 11) is -4.56. The highest BCUT2D eigenvalue weighted by Crippen LogP contribution is 2.46. The molecular formula is C52H89O10P. The number of phenolic OH excluding ortho intramolecular Hbond substituents is 1. The molecule has 1 aliphatic rings. The topological polar surface area (TPSA) is 138 Å². The van der Waals surface area contributed by atoms with Crippen LogP contribution >= 0.6 is 7.82 Å². The van der Waals surface area contributed by atoms with Crippen LogP contribution in [0.4, 0.5) is 0 Å². The Bertz CT molecular complexity index is 1520. The van der Waals surface area contributed by atoms with Crippen molar-refractivity contribution in [3.8, 4) is 11.5 Å². The summed E-state index contributed by atoms with van der Waals surface area (Å²) < 4.78 is 41.3. The molecule has 0 amide bonds. The van der Waals surface area contributed by atoms with Gasteiger partial charge in [-0.25, -0.2) is 4.57 Å². The van der Waals surface area contributed by atoms with Gasteiger partial charge >= 0.3 is 19.8 Å². The van der Waals surface area contributed by atoms with E-state index in [0.717, 1.165) is 92.2 Å². The molecule has 362 valence electrons. The van der Waals surface area contributed by atoms with Crippen LogP contribution in [0.5, 0.6) is 11.5 Å². The number of benzene rings is 1. The number of allylic oxidation sites excluding steroid dienone is 4. The number of carbonyl (C=O) groups is 2. The largest absolute Gasteiger partial charge is 0.507 e. The molecule has 2 N–H and O–H groups in total. The molecule has 3 atom stereocenters. The van der Waals surface area contributed by atoms with Crippen molar-refractivity contribution in [1.82, 2.24) is 0 Å². The number of rotatable bonds is 38. The van der Waals surface area contributed by atoms with E-state index in [0.29, 0.717) is 25.7 Å². The van der Waals surface area contributed by atoms with E-state index in [1.54, 1.807) is 0 Å². The molecule has 2 rings (SSSR count). The number of phenols is 1. The molecule has 1 aromatic carbocycles. The first-order chi connectivity index (χ1) is 30.3. The van der Waals surface area contributed by atoms with Gasteiger partial charge < -0.3 is 24.2 Å². The standard InChI is InChI=1S/C52H89O10P/c1-7-9-11-13-15-17-19-21-22-24-26-28-30-32-34-36-49(54)61-46(41-58-48(53)35-33-31-29-27-25-23-20-18-16-14-12-10-8-2)42-60-63(56,57)59-40-39-52(6)38-37-47-45(5)50(55)43(3)44(4)51(47)62-52/h15,17,21-22,46,55H,7-14,16,18-20,23-42H2,1-6H3,(H,56,57)/b17-15-,22-21-/t46-,52?/m0/s1. The van der Waals surface area contributed by atoms with Gasteiger partial charge in [-0.05, 0) is 102 Å². The second-order valence-corrected chi connectivity index (χ2v) is 19.7. The van der Waals surface area contributed by atoms with Crippen LogP contribution in [0.1, 0.15) is 223 Å². The number of hydrogen-bond donors (Lipinski definition) is 2. The number of phosphoric acid groups is 1. The van der Waals surface area contributed by atoms with E-state index in [-0.39, 0.29) is 31.8 Å². The molecule has 0 fully saturated rings. The highest BCUT2D eigenvalue weighted by atomic mass is 31.2. The minimum absolute atomic E-state index is 0.111. The zero-order chi connectivity index (χ0) is 46.2. The summed E-state index contributed by atoms with van der Waals surface area (Å²) >= 11 is 0. The first-order valence-electron chi connectivity index (χ1n) is 25.1. The molecule has 1 aromatic rings. The lowest BCUT2D eigenvalue weighted by atomic mass is 9.86. The predicted molar refractivity (Wildman–Crippen MR) is 257 cm³/mol. The SMILES string of the molecule is CCCCC/C=C\C/C=C\CCCCCCCC(=O)O[C@@H](COC(=O)CCCCCCCCCCCCCCC)COP(=O)(O)OCCC1(C)CCc2c(C)c(O)c(C)c(C)c2O1. The third-order valence-corrected chi connectivity index (χ3v) is 13.4. The van der Waals surface area contributed by atoms with Crippen molar-refractivity contribution in [3.05, 3.63) is 46.6 Å². The first-order valence-corrected chi connectivity index (χ1v) is 26.6. The smallest absolute Gasteiger partial charge is 0.472 e. The number of hydrogen-bond acceptors (Lipinski definition) is 9. The fourth-order valence-corrected chi connectivity index (χ4v) is 8.80. The van der Waals surface area contributed by atoms with Crippen molar-refractivity contribution in [2.45, 2.75) is 239 Å². The van der Waals surface area contributed by atoms with Gasteiger partial charge in [0.15, 0.2) is 6.10 Å². The highest BCUT2D eigenvalue weighted by molar-refractivity contribution is 7.47. The third kappa shape index (κ3) is 25.6. The van der Waals surface area contributed by atoms with Crippen molar-refractivity contribution >= 4 is 19.8 Å². The van der Waals surface area contributed by atoms with Gasteiger partial charge in [0, 0.05) is 24.8 Å². The zero-order valence-corrected chi connectivity index (χ0v) is 41.5. The normalized spacial score (nSPS) is 16.6. The monoisotopic (exact) mass is 905 g/mol. The van der Waals surface area contributed by atoms with Gasteiger partial charge in [0.1, 0.15) is 23.7 Å². The van der Waals surface area contributed by atoms with E-state index in [9.17, 15) is 24.2 Å². The van der Waals surface area contributed by atoms with Gasteiger partial charge in [0.25, 0.3) is 0 Å². The van der Waals surface area contributed by atoms with Crippen molar-refractivity contribution in [2.75, 3.05) is 19.8 Å². The summed E-state index contributed by atoms with van der Waals surface area (Å²) in [4.78, 5) is 36.2. The van der Waals surface area contributed by atoms with Gasteiger partial charge in [-0.3, -0.25) is 18.6 Å². The Morgan fingerprint density at radius 3 is 1.78 bits per heavy atom. The molecule has 0 spiro atoms. The second kappa shape index (κ2) is 33.8. The minimum atomic E-state index is -4.56. The molecule has 10 nitrogen and oxygen atoms in total. The van der Waals surface area contributed by atoms with Crippen molar-refractivity contribution in [3.63, 3.8) is 0 Å². The molecule has 1 aliphatic heterocycles. The lowest BCUT2D eigenvalue weighted by Crippen LogP contribution is -2.38. The molecule has 2 unspecified atom stereocenters. The Balaban J connectivity index is 1.78. The minimum Gasteiger partial charge on any atom is -0.507 e. The molecule has 0 radical (unpaired) electrons. The summed E-state index contributed by atoms with van der Waals surface area (Å²) in [6.45, 7) is 11.2. The van der Waals surface area contributed by atoms with E-state index < -0.39 is 38.1 Å². The Morgan fingerprint density at radius 2 is 1.19 bits per heavy atom. The van der Waals surface area contributed by atoms with Crippen molar-refractivity contribution < 1.29 is 47.4 Å². The van der Waals surface area contributed by atoms with Crippen LogP contribution in [-0.2, 0) is 39.1 Å². The van der Waals surface area contributed by atoms with Crippen LogP contribution in [0, 0.1) is 20.8 Å². The fraction of sp³-hybridized carbons (Fsp3) is 0.769. The number of fused-ring (bicyclic) bond motifs is 1. The van der Waals surface area contributed by atoms with Gasteiger partial charge in [0.05, 0.1) is 13.2 Å². The number of aromatic hydroxyl groups is 1. The molecule has 0 saturated carbocycles. The van der Waals surface area contributed by atoms with E-state index in [1.807, 2.05) is 27.7 Å². The number of ether oxygens (including phenoxy) is 3. The summed E-state index contributed by atoms with van der Waals surface area (Å²) in [5, 5.41) is 10.5. The summed E-state index contributed by atoms with van der Waals surface area (Å²) in [6.07, 6.45) is 37.6. The average molecular weight is 905 g/mol. The van der Waals surface area contributed by atoms with Gasteiger partial charge in [-0.2, -0.15) is 0 Å². The van der Waals surface area contributed by atoms with Crippen LogP contribution in [0.15, 0.2) is 24.3 Å².